The van der Waals surface area contributed by atoms with Crippen LogP contribution in [0.4, 0.5) is 23.2 Å². The number of aromatic nitrogens is 2. The van der Waals surface area contributed by atoms with Gasteiger partial charge < -0.3 is 20.0 Å². The predicted octanol–water partition coefficient (Wildman–Crippen LogP) is 13.7. The number of aliphatic imine (C=N–C) groups is 1. The molecule has 75 heavy (non-hydrogen) atoms. The van der Waals surface area contributed by atoms with Gasteiger partial charge in [-0.25, -0.2) is 17.6 Å². The van der Waals surface area contributed by atoms with Crippen molar-refractivity contribution in [2.45, 2.75) is 167 Å². The number of Topliss-reactive ketones (excluding diaryl/α,β-unsaturated/α-hetero) is 2. The molecular formula is C62H71F4N5O4. The van der Waals surface area contributed by atoms with E-state index in [1.807, 2.05) is 62.9 Å². The van der Waals surface area contributed by atoms with Crippen LogP contribution in [0.5, 0.6) is 0 Å². The molecule has 13 heteroatoms. The molecule has 2 aliphatic heterocycles. The number of amides is 2. The minimum absolute atomic E-state index is 0.00599. The number of H-pyrrole nitrogens is 1. The summed E-state index contributed by atoms with van der Waals surface area (Å²) in [4.78, 5) is 67.3. The molecule has 3 aromatic carbocycles. The largest absolute Gasteiger partial charge is 0.357 e. The Bertz CT molecular complexity index is 3010. The molecule has 2 N–H and O–H groups in total. The van der Waals surface area contributed by atoms with Crippen molar-refractivity contribution < 1.29 is 36.7 Å². The van der Waals surface area contributed by atoms with Gasteiger partial charge in [0.25, 0.3) is 0 Å². The minimum atomic E-state index is -0.721. The van der Waals surface area contributed by atoms with Gasteiger partial charge in [0.1, 0.15) is 29.1 Å². The fourth-order valence-electron chi connectivity index (χ4n) is 14.3. The van der Waals surface area contributed by atoms with Gasteiger partial charge in [-0.05, 0) is 183 Å². The van der Waals surface area contributed by atoms with Gasteiger partial charge in [0.15, 0.2) is 5.78 Å². The van der Waals surface area contributed by atoms with Gasteiger partial charge in [-0.3, -0.25) is 24.4 Å². The van der Waals surface area contributed by atoms with Crippen LogP contribution in [-0.2, 0) is 25.6 Å². The number of hydrogen-bond acceptors (Lipinski definition) is 6. The zero-order valence-electron chi connectivity index (χ0n) is 44.2. The Hall–Kier alpha value is -5.98. The third-order valence-corrected chi connectivity index (χ3v) is 17.9. The van der Waals surface area contributed by atoms with Crippen molar-refractivity contribution in [3.63, 3.8) is 0 Å². The Morgan fingerprint density at radius 2 is 1.43 bits per heavy atom. The van der Waals surface area contributed by atoms with E-state index in [0.29, 0.717) is 84.9 Å². The number of pyridine rings is 1. The number of carbonyl (C=O) groups excluding carboxylic acids is 4. The Morgan fingerprint density at radius 1 is 0.733 bits per heavy atom. The Morgan fingerprint density at radius 3 is 2.08 bits per heavy atom. The molecule has 5 aromatic rings. The molecule has 8 atom stereocenters. The second-order valence-corrected chi connectivity index (χ2v) is 23.4. The Kier molecular flexibility index (Phi) is 15.1. The van der Waals surface area contributed by atoms with Gasteiger partial charge in [0, 0.05) is 89.7 Å². The summed E-state index contributed by atoms with van der Waals surface area (Å²) in [6.07, 6.45) is 9.60. The summed E-state index contributed by atoms with van der Waals surface area (Å²) in [6, 6.07) is 16.3. The predicted molar refractivity (Wildman–Crippen MR) is 283 cm³/mol. The van der Waals surface area contributed by atoms with Gasteiger partial charge in [-0.15, -0.1) is 0 Å². The van der Waals surface area contributed by atoms with Crippen LogP contribution in [0.1, 0.15) is 193 Å². The molecule has 4 heterocycles. The van der Waals surface area contributed by atoms with Gasteiger partial charge in [0.05, 0.1) is 17.8 Å². The number of benzene rings is 3. The van der Waals surface area contributed by atoms with Crippen molar-refractivity contribution in [3.05, 3.63) is 129 Å². The summed E-state index contributed by atoms with van der Waals surface area (Å²) in [7, 11) is 0. The average molecular weight is 1030 g/mol. The lowest BCUT2D eigenvalue weighted by molar-refractivity contribution is -0.140. The molecule has 0 radical (unpaired) electrons. The summed E-state index contributed by atoms with van der Waals surface area (Å²) >= 11 is 0. The van der Waals surface area contributed by atoms with E-state index in [4.69, 9.17) is 4.99 Å². The average Bonchev–Trinajstić information content (AvgIpc) is 4.28. The lowest BCUT2D eigenvalue weighted by Gasteiger charge is -2.30. The standard InChI is InChI=1S/C62H71F4N5O4/c1-32(2)45(23-34(5)72)62(75)71-22-10-14-57(71)56-29-38-24-46(49(64)31-54(38)70-56)42-19-20-43(58(42)40-26-50(65)59(51(66)27-40)37-17-15-36(16-18-37)52-13-7-8-21-67-52)47-30-53-39(25-48(47)63)28-55(69-53)41-11-9-12-44(41)61(74)60(33(3)4)68-35(6)73/h7-8,13,21,24-27,29-33,36-37,41-45,57-58,60,70H,9-12,14-20,22-23,28H2,1-6H3,(H,68,73)/t36?,37?,41-,42-,43-,44?,45+,57+,58?,60+/m1/s1. The maximum Gasteiger partial charge on any atom is 0.226 e. The first-order valence-electron chi connectivity index (χ1n) is 27.7. The molecular weight excluding hydrogens is 955 g/mol. The third-order valence-electron chi connectivity index (χ3n) is 17.9. The second kappa shape index (κ2) is 21.6. The number of fused-ring (bicyclic) bond motifs is 2. The van der Waals surface area contributed by atoms with Crippen molar-refractivity contribution in [2.24, 2.45) is 34.6 Å². The first kappa shape index (κ1) is 52.5. The number of likely N-dealkylation sites (tertiary alicyclic amines) is 1. The number of rotatable bonds is 15. The van der Waals surface area contributed by atoms with E-state index in [2.05, 4.69) is 15.3 Å². The first-order chi connectivity index (χ1) is 35.9. The number of hydrogen-bond donors (Lipinski definition) is 2. The van der Waals surface area contributed by atoms with Crippen molar-refractivity contribution in [1.29, 1.82) is 0 Å². The third kappa shape index (κ3) is 10.4. The topological polar surface area (TPSA) is 125 Å². The number of ketones is 2. The summed E-state index contributed by atoms with van der Waals surface area (Å²) < 4.78 is 67.8. The lowest BCUT2D eigenvalue weighted by atomic mass is 9.74. The summed E-state index contributed by atoms with van der Waals surface area (Å²) in [5.74, 6) is -5.69. The first-order valence-corrected chi connectivity index (χ1v) is 27.7. The molecule has 2 amide bonds. The zero-order chi connectivity index (χ0) is 53.0. The molecule has 2 unspecified atom stereocenters. The fraction of sp³-hybridized carbons (Fsp3) is 0.516. The molecule has 396 valence electrons. The van der Waals surface area contributed by atoms with Gasteiger partial charge >= 0.3 is 0 Å². The van der Waals surface area contributed by atoms with E-state index in [1.165, 1.54) is 38.1 Å². The van der Waals surface area contributed by atoms with E-state index < -0.39 is 53.0 Å². The maximum absolute atomic E-state index is 17.0. The SMILES string of the molecule is CC(=O)C[C@H](C(=O)N1CCC[C@H]1c1cc2cc([C@H]3CC[C@H](c4cc5c(cc4F)CC([C@@H]4CCCC4C(=O)[C@@H](NC(C)=O)C(C)C)=N5)C3c3cc(F)c(C4CCC(c5ccccn5)CC4)c(F)c3)c(F)cc2[nH]1)C(C)C. The molecule has 9 nitrogen and oxygen atoms in total. The van der Waals surface area contributed by atoms with Crippen LogP contribution in [-0.4, -0.2) is 56.5 Å². The van der Waals surface area contributed by atoms with E-state index in [9.17, 15) is 19.2 Å². The molecule has 5 aliphatic rings. The van der Waals surface area contributed by atoms with Crippen LogP contribution in [0.3, 0.4) is 0 Å². The highest BCUT2D eigenvalue weighted by Crippen LogP contribution is 2.57. The zero-order valence-corrected chi connectivity index (χ0v) is 44.2. The summed E-state index contributed by atoms with van der Waals surface area (Å²) in [6.45, 7) is 11.2. The highest BCUT2D eigenvalue weighted by molar-refractivity contribution is 6.01. The second-order valence-electron chi connectivity index (χ2n) is 23.4. The normalized spacial score (nSPS) is 25.5. The number of aromatic amines is 1. The van der Waals surface area contributed by atoms with Crippen LogP contribution >= 0.6 is 0 Å². The van der Waals surface area contributed by atoms with Crippen LogP contribution in [0.15, 0.2) is 71.9 Å². The quantitative estimate of drug-likeness (QED) is 0.101. The van der Waals surface area contributed by atoms with Crippen molar-refractivity contribution in [3.8, 4) is 0 Å². The van der Waals surface area contributed by atoms with E-state index in [1.54, 1.807) is 12.3 Å². The summed E-state index contributed by atoms with van der Waals surface area (Å²) in [5, 5.41) is 3.59. The van der Waals surface area contributed by atoms with E-state index >= 15 is 17.6 Å². The van der Waals surface area contributed by atoms with Crippen molar-refractivity contribution in [1.82, 2.24) is 20.2 Å². The summed E-state index contributed by atoms with van der Waals surface area (Å²) in [5.41, 5.74) is 5.57. The number of nitrogens with one attached hydrogen (secondary N) is 2. The number of carbonyl (C=O) groups is 4. The van der Waals surface area contributed by atoms with Crippen LogP contribution in [0, 0.1) is 52.9 Å². The van der Waals surface area contributed by atoms with Crippen LogP contribution < -0.4 is 5.32 Å². The number of halogens is 4. The molecule has 1 saturated heterocycles. The van der Waals surface area contributed by atoms with Crippen LogP contribution in [0.2, 0.25) is 0 Å². The number of nitrogens with zero attached hydrogens (tertiary/aromatic N) is 3. The molecule has 10 rings (SSSR count). The minimum Gasteiger partial charge on any atom is -0.357 e. The van der Waals surface area contributed by atoms with Crippen molar-refractivity contribution >= 4 is 45.7 Å². The Labute approximate surface area is 438 Å². The van der Waals surface area contributed by atoms with Crippen molar-refractivity contribution in [2.75, 3.05) is 6.54 Å². The molecule has 3 aliphatic carbocycles. The highest BCUT2D eigenvalue weighted by Gasteiger charge is 2.45. The lowest BCUT2D eigenvalue weighted by Crippen LogP contribution is -2.47. The highest BCUT2D eigenvalue weighted by atomic mass is 19.1. The Balaban J connectivity index is 0.991. The molecule has 0 bridgehead atoms. The fourth-order valence-corrected chi connectivity index (χ4v) is 14.3. The molecule has 0 spiro atoms. The van der Waals surface area contributed by atoms with Crippen LogP contribution in [0.25, 0.3) is 10.9 Å². The monoisotopic (exact) mass is 1030 g/mol. The molecule has 4 fully saturated rings. The van der Waals surface area contributed by atoms with Gasteiger partial charge in [0.2, 0.25) is 11.8 Å². The molecule has 3 saturated carbocycles. The maximum atomic E-state index is 17.0. The smallest absolute Gasteiger partial charge is 0.226 e. The van der Waals surface area contributed by atoms with Gasteiger partial charge in [-0.1, -0.05) is 40.2 Å². The van der Waals surface area contributed by atoms with E-state index in [-0.39, 0.29) is 76.9 Å². The van der Waals surface area contributed by atoms with E-state index in [0.717, 1.165) is 54.6 Å². The molecule has 2 aromatic heterocycles. The van der Waals surface area contributed by atoms with Gasteiger partial charge in [-0.2, -0.15) is 0 Å².